The first kappa shape index (κ1) is 22.0. The Labute approximate surface area is 165 Å². The maximum Gasteiger partial charge on any atom is 0.193 e. The topological polar surface area (TPSA) is 40.1 Å². The highest BCUT2D eigenvalue weighted by Crippen LogP contribution is 2.17. The number of rotatable bonds is 5. The van der Waals surface area contributed by atoms with Gasteiger partial charge in [-0.2, -0.15) is 0 Å². The van der Waals surface area contributed by atoms with Gasteiger partial charge in [0.15, 0.2) is 5.96 Å². The van der Waals surface area contributed by atoms with Gasteiger partial charge < -0.3 is 15.0 Å². The lowest BCUT2D eigenvalue weighted by atomic mass is 9.99. The second-order valence-electron chi connectivity index (χ2n) is 7.32. The molecule has 2 saturated heterocycles. The van der Waals surface area contributed by atoms with Gasteiger partial charge in [0.05, 0.1) is 19.8 Å². The first-order valence-electron chi connectivity index (χ1n) is 9.46. The third kappa shape index (κ3) is 6.67. The average Bonchev–Trinajstić information content (AvgIpc) is 2.55. The monoisotopic (exact) mass is 452 g/mol. The number of ether oxygens (including phenoxy) is 1. The molecule has 1 atom stereocenters. The molecule has 2 rings (SSSR count). The Morgan fingerprint density at radius 1 is 1.17 bits per heavy atom. The number of nitrogens with zero attached hydrogens (tertiary/aromatic N) is 3. The van der Waals surface area contributed by atoms with Crippen LogP contribution in [0, 0.1) is 11.8 Å². The van der Waals surface area contributed by atoms with Crippen molar-refractivity contribution in [2.75, 3.05) is 52.5 Å². The minimum Gasteiger partial charge on any atom is -0.379 e. The molecule has 0 aromatic carbocycles. The van der Waals surface area contributed by atoms with Crippen molar-refractivity contribution in [3.8, 4) is 0 Å². The lowest BCUT2D eigenvalue weighted by Crippen LogP contribution is -2.49. The van der Waals surface area contributed by atoms with Crippen LogP contribution in [0.5, 0.6) is 0 Å². The SMILES string of the molecule is CCNC(=NCC(C(C)C)N1CCOCC1)N1CCC(C)CC1.I. The number of morpholine rings is 1. The first-order valence-corrected chi connectivity index (χ1v) is 9.46. The van der Waals surface area contributed by atoms with Crippen molar-refractivity contribution >= 4 is 29.9 Å². The number of nitrogens with one attached hydrogen (secondary N) is 1. The molecule has 2 aliphatic heterocycles. The van der Waals surface area contributed by atoms with E-state index in [0.29, 0.717) is 12.0 Å². The van der Waals surface area contributed by atoms with Crippen molar-refractivity contribution in [3.63, 3.8) is 0 Å². The van der Waals surface area contributed by atoms with E-state index in [1.54, 1.807) is 0 Å². The molecule has 2 aliphatic rings. The van der Waals surface area contributed by atoms with Gasteiger partial charge in [-0.05, 0) is 31.6 Å². The molecule has 0 aliphatic carbocycles. The number of hydrogen-bond acceptors (Lipinski definition) is 3. The number of halogens is 1. The predicted octanol–water partition coefficient (Wildman–Crippen LogP) is 2.66. The van der Waals surface area contributed by atoms with Crippen molar-refractivity contribution in [1.29, 1.82) is 0 Å². The molecule has 24 heavy (non-hydrogen) atoms. The summed E-state index contributed by atoms with van der Waals surface area (Å²) >= 11 is 0. The molecular weight excluding hydrogens is 415 g/mol. The molecule has 2 fully saturated rings. The predicted molar refractivity (Wildman–Crippen MR) is 112 cm³/mol. The van der Waals surface area contributed by atoms with Gasteiger partial charge in [0, 0.05) is 38.8 Å². The summed E-state index contributed by atoms with van der Waals surface area (Å²) in [5.41, 5.74) is 0. The number of hydrogen-bond donors (Lipinski definition) is 1. The van der Waals surface area contributed by atoms with Gasteiger partial charge in [-0.3, -0.25) is 9.89 Å². The fraction of sp³-hybridized carbons (Fsp3) is 0.944. The molecule has 0 aromatic heterocycles. The molecule has 0 radical (unpaired) electrons. The molecule has 0 spiro atoms. The highest BCUT2D eigenvalue weighted by Gasteiger charge is 2.24. The molecule has 2 heterocycles. The molecule has 0 bridgehead atoms. The van der Waals surface area contributed by atoms with Gasteiger partial charge in [0.2, 0.25) is 0 Å². The fourth-order valence-corrected chi connectivity index (χ4v) is 3.48. The summed E-state index contributed by atoms with van der Waals surface area (Å²) < 4.78 is 5.50. The Morgan fingerprint density at radius 2 is 1.79 bits per heavy atom. The van der Waals surface area contributed by atoms with Crippen molar-refractivity contribution in [2.24, 2.45) is 16.8 Å². The second-order valence-corrected chi connectivity index (χ2v) is 7.32. The highest BCUT2D eigenvalue weighted by atomic mass is 127. The minimum atomic E-state index is 0. The minimum absolute atomic E-state index is 0. The fourth-order valence-electron chi connectivity index (χ4n) is 3.48. The molecule has 1 N–H and O–H groups in total. The van der Waals surface area contributed by atoms with Gasteiger partial charge in [-0.15, -0.1) is 24.0 Å². The number of guanidine groups is 1. The zero-order valence-corrected chi connectivity index (χ0v) is 18.3. The maximum atomic E-state index is 5.50. The van der Waals surface area contributed by atoms with Crippen LogP contribution in [-0.4, -0.2) is 74.3 Å². The third-order valence-corrected chi connectivity index (χ3v) is 5.13. The third-order valence-electron chi connectivity index (χ3n) is 5.13. The van der Waals surface area contributed by atoms with Crippen molar-refractivity contribution in [2.45, 2.75) is 46.6 Å². The van der Waals surface area contributed by atoms with Gasteiger partial charge in [0.1, 0.15) is 0 Å². The Kier molecular flexibility index (Phi) is 10.5. The molecule has 0 amide bonds. The van der Waals surface area contributed by atoms with Crippen molar-refractivity contribution in [1.82, 2.24) is 15.1 Å². The van der Waals surface area contributed by atoms with Crippen LogP contribution in [0.15, 0.2) is 4.99 Å². The molecule has 1 unspecified atom stereocenters. The Morgan fingerprint density at radius 3 is 2.33 bits per heavy atom. The van der Waals surface area contributed by atoms with Crippen molar-refractivity contribution in [3.05, 3.63) is 0 Å². The first-order chi connectivity index (χ1) is 11.1. The molecule has 142 valence electrons. The zero-order valence-electron chi connectivity index (χ0n) is 16.0. The average molecular weight is 452 g/mol. The van der Waals surface area contributed by atoms with E-state index in [1.807, 2.05) is 0 Å². The number of piperidine rings is 1. The van der Waals surface area contributed by atoms with E-state index in [9.17, 15) is 0 Å². The molecule has 0 aromatic rings. The lowest BCUT2D eigenvalue weighted by Gasteiger charge is -2.37. The highest BCUT2D eigenvalue weighted by molar-refractivity contribution is 14.0. The van der Waals surface area contributed by atoms with Crippen LogP contribution < -0.4 is 5.32 Å². The summed E-state index contributed by atoms with van der Waals surface area (Å²) in [5, 5.41) is 3.50. The normalized spacial score (nSPS) is 22.4. The summed E-state index contributed by atoms with van der Waals surface area (Å²) in [6.07, 6.45) is 2.56. The zero-order chi connectivity index (χ0) is 16.7. The van der Waals surface area contributed by atoms with E-state index >= 15 is 0 Å². The van der Waals surface area contributed by atoms with Gasteiger partial charge in [0.25, 0.3) is 0 Å². The molecule has 0 saturated carbocycles. The Bertz CT molecular complexity index is 364. The van der Waals surface area contributed by atoms with Crippen LogP contribution in [0.25, 0.3) is 0 Å². The van der Waals surface area contributed by atoms with Crippen LogP contribution in [0.4, 0.5) is 0 Å². The molecule has 6 heteroatoms. The Hall–Kier alpha value is -0.0800. The number of aliphatic imine (C=N–C) groups is 1. The van der Waals surface area contributed by atoms with Crippen LogP contribution in [0.3, 0.4) is 0 Å². The smallest absolute Gasteiger partial charge is 0.193 e. The van der Waals surface area contributed by atoms with Crippen LogP contribution >= 0.6 is 24.0 Å². The molecule has 5 nitrogen and oxygen atoms in total. The summed E-state index contributed by atoms with van der Waals surface area (Å²) in [4.78, 5) is 10.0. The summed E-state index contributed by atoms with van der Waals surface area (Å²) in [6.45, 7) is 17.0. The van der Waals surface area contributed by atoms with Crippen LogP contribution in [0.1, 0.15) is 40.5 Å². The molecular formula is C18H37IN4O. The summed E-state index contributed by atoms with van der Waals surface area (Å²) in [6, 6.07) is 0.510. The van der Waals surface area contributed by atoms with Gasteiger partial charge in [-0.1, -0.05) is 20.8 Å². The van der Waals surface area contributed by atoms with E-state index < -0.39 is 0 Å². The van der Waals surface area contributed by atoms with Crippen LogP contribution in [-0.2, 0) is 4.74 Å². The van der Waals surface area contributed by atoms with E-state index in [2.05, 4.69) is 42.8 Å². The van der Waals surface area contributed by atoms with Crippen molar-refractivity contribution < 1.29 is 4.74 Å². The van der Waals surface area contributed by atoms with E-state index in [-0.39, 0.29) is 24.0 Å². The maximum absolute atomic E-state index is 5.50. The lowest BCUT2D eigenvalue weighted by molar-refractivity contribution is 0.00861. The van der Waals surface area contributed by atoms with E-state index in [1.165, 1.54) is 12.8 Å². The summed E-state index contributed by atoms with van der Waals surface area (Å²) in [7, 11) is 0. The van der Waals surface area contributed by atoms with Gasteiger partial charge >= 0.3 is 0 Å². The summed E-state index contributed by atoms with van der Waals surface area (Å²) in [5.74, 6) is 2.57. The largest absolute Gasteiger partial charge is 0.379 e. The quantitative estimate of drug-likeness (QED) is 0.396. The second kappa shape index (κ2) is 11.5. The van der Waals surface area contributed by atoms with E-state index in [0.717, 1.165) is 64.4 Å². The standard InChI is InChI=1S/C18H36N4O.HI/c1-5-19-18(22-8-6-16(4)7-9-22)20-14-17(15(2)3)21-10-12-23-13-11-21;/h15-17H,5-14H2,1-4H3,(H,19,20);1H. The Balaban J connectivity index is 0.00000288. The van der Waals surface area contributed by atoms with Crippen LogP contribution in [0.2, 0.25) is 0 Å². The van der Waals surface area contributed by atoms with Gasteiger partial charge in [-0.25, -0.2) is 0 Å². The number of likely N-dealkylation sites (tertiary alicyclic amines) is 1. The van der Waals surface area contributed by atoms with E-state index in [4.69, 9.17) is 9.73 Å².